The molecule has 1 amide bonds. The summed E-state index contributed by atoms with van der Waals surface area (Å²) in [6.45, 7) is 10.8. The molecule has 2 atom stereocenters. The van der Waals surface area contributed by atoms with E-state index in [4.69, 9.17) is 10.5 Å². The van der Waals surface area contributed by atoms with E-state index in [1.807, 2.05) is 29.2 Å². The van der Waals surface area contributed by atoms with E-state index in [0.717, 1.165) is 44.8 Å². The minimum atomic E-state index is 0.0871. The highest BCUT2D eigenvalue weighted by Gasteiger charge is 2.27. The maximum absolute atomic E-state index is 12.6. The van der Waals surface area contributed by atoms with Gasteiger partial charge >= 0.3 is 0 Å². The smallest absolute Gasteiger partial charge is 0.254 e. The lowest BCUT2D eigenvalue weighted by molar-refractivity contribution is 0.0619. The van der Waals surface area contributed by atoms with Gasteiger partial charge in [0.15, 0.2) is 0 Å². The van der Waals surface area contributed by atoms with Crippen molar-refractivity contribution in [1.82, 2.24) is 9.80 Å². The number of ether oxygens (including phenoxy) is 1. The van der Waals surface area contributed by atoms with Crippen LogP contribution in [-0.2, 0) is 0 Å². The summed E-state index contributed by atoms with van der Waals surface area (Å²) in [6.07, 6.45) is 1.75. The van der Waals surface area contributed by atoms with Gasteiger partial charge in [0.25, 0.3) is 5.91 Å². The first kappa shape index (κ1) is 18.7. The Labute approximate surface area is 145 Å². The van der Waals surface area contributed by atoms with Crippen LogP contribution in [0.5, 0.6) is 5.75 Å². The number of carbonyl (C=O) groups is 1. The van der Waals surface area contributed by atoms with E-state index in [2.05, 4.69) is 25.7 Å². The van der Waals surface area contributed by atoms with Crippen LogP contribution in [0.4, 0.5) is 0 Å². The molecule has 2 rings (SSSR count). The molecule has 2 N–H and O–H groups in total. The van der Waals surface area contributed by atoms with Gasteiger partial charge in [0.05, 0.1) is 0 Å². The van der Waals surface area contributed by atoms with Gasteiger partial charge in [-0.15, -0.1) is 0 Å². The Morgan fingerprint density at radius 3 is 2.54 bits per heavy atom. The molecule has 1 aromatic carbocycles. The third kappa shape index (κ3) is 4.95. The van der Waals surface area contributed by atoms with Crippen molar-refractivity contribution in [3.05, 3.63) is 29.8 Å². The van der Waals surface area contributed by atoms with E-state index in [9.17, 15) is 4.79 Å². The van der Waals surface area contributed by atoms with Crippen molar-refractivity contribution in [1.29, 1.82) is 0 Å². The second kappa shape index (κ2) is 9.04. The van der Waals surface area contributed by atoms with Crippen molar-refractivity contribution in [2.24, 2.45) is 5.73 Å². The molecule has 1 heterocycles. The normalized spacial score (nSPS) is 21.1. The summed E-state index contributed by atoms with van der Waals surface area (Å²) >= 11 is 0. The standard InChI is InChI=1S/C19H31N3O2/c1-4-21(5-2)12-13-24-18-8-6-16(7-9-18)19(23)22-11-10-17(20)14-15(22)3/h6-9,15,17H,4-5,10-14,20H2,1-3H3/t15-,17-/m0/s1. The van der Waals surface area contributed by atoms with Gasteiger partial charge in [0.2, 0.25) is 0 Å². The molecule has 1 aliphatic rings. The fourth-order valence-electron chi connectivity index (χ4n) is 3.20. The Kier molecular flexibility index (Phi) is 7.06. The predicted octanol–water partition coefficient (Wildman–Crippen LogP) is 2.36. The summed E-state index contributed by atoms with van der Waals surface area (Å²) in [5.74, 6) is 0.900. The fraction of sp³-hybridized carbons (Fsp3) is 0.632. The third-order valence-corrected chi connectivity index (χ3v) is 4.85. The largest absolute Gasteiger partial charge is 0.492 e. The number of rotatable bonds is 7. The van der Waals surface area contributed by atoms with Crippen LogP contribution < -0.4 is 10.5 Å². The summed E-state index contributed by atoms with van der Waals surface area (Å²) in [5, 5.41) is 0. The maximum Gasteiger partial charge on any atom is 0.254 e. The molecule has 1 aliphatic heterocycles. The second-order valence-electron chi connectivity index (χ2n) is 6.53. The molecule has 1 saturated heterocycles. The monoisotopic (exact) mass is 333 g/mol. The lowest BCUT2D eigenvalue weighted by atomic mass is 9.98. The number of carbonyl (C=O) groups excluding carboxylic acids is 1. The number of nitrogens with zero attached hydrogens (tertiary/aromatic N) is 2. The van der Waals surface area contributed by atoms with Crippen LogP contribution in [0.1, 0.15) is 44.0 Å². The van der Waals surface area contributed by atoms with Gasteiger partial charge in [0, 0.05) is 30.7 Å². The molecule has 0 radical (unpaired) electrons. The Hall–Kier alpha value is -1.59. The van der Waals surface area contributed by atoms with E-state index in [-0.39, 0.29) is 18.0 Å². The number of hydrogen-bond donors (Lipinski definition) is 1. The average molecular weight is 333 g/mol. The summed E-state index contributed by atoms with van der Waals surface area (Å²) in [6, 6.07) is 7.90. The third-order valence-electron chi connectivity index (χ3n) is 4.85. The molecule has 0 spiro atoms. The minimum absolute atomic E-state index is 0.0871. The molecule has 24 heavy (non-hydrogen) atoms. The Balaban J connectivity index is 1.88. The quantitative estimate of drug-likeness (QED) is 0.832. The van der Waals surface area contributed by atoms with Gasteiger partial charge in [-0.2, -0.15) is 0 Å². The zero-order valence-electron chi connectivity index (χ0n) is 15.2. The molecule has 0 aliphatic carbocycles. The molecule has 1 aromatic rings. The summed E-state index contributed by atoms with van der Waals surface area (Å²) in [5.41, 5.74) is 6.69. The maximum atomic E-state index is 12.6. The highest BCUT2D eigenvalue weighted by Crippen LogP contribution is 2.20. The minimum Gasteiger partial charge on any atom is -0.492 e. The van der Waals surface area contributed by atoms with Crippen LogP contribution in [-0.4, -0.2) is 60.6 Å². The molecule has 5 nitrogen and oxygen atoms in total. The molecular formula is C19H31N3O2. The molecule has 5 heteroatoms. The number of benzene rings is 1. The highest BCUT2D eigenvalue weighted by atomic mass is 16.5. The molecule has 0 bridgehead atoms. The van der Waals surface area contributed by atoms with Crippen molar-refractivity contribution in [3.8, 4) is 5.75 Å². The van der Waals surface area contributed by atoms with Gasteiger partial charge < -0.3 is 20.3 Å². The van der Waals surface area contributed by atoms with Crippen LogP contribution in [0.15, 0.2) is 24.3 Å². The predicted molar refractivity (Wildman–Crippen MR) is 97.4 cm³/mol. The Bertz CT molecular complexity index is 514. The van der Waals surface area contributed by atoms with E-state index in [1.165, 1.54) is 0 Å². The van der Waals surface area contributed by atoms with Crippen molar-refractivity contribution in [3.63, 3.8) is 0 Å². The molecule has 0 unspecified atom stereocenters. The van der Waals surface area contributed by atoms with Gasteiger partial charge in [-0.05, 0) is 57.1 Å². The van der Waals surface area contributed by atoms with E-state index >= 15 is 0 Å². The van der Waals surface area contributed by atoms with Crippen molar-refractivity contribution < 1.29 is 9.53 Å². The average Bonchev–Trinajstić information content (AvgIpc) is 2.59. The van der Waals surface area contributed by atoms with Crippen LogP contribution in [0.25, 0.3) is 0 Å². The van der Waals surface area contributed by atoms with Crippen molar-refractivity contribution in [2.45, 2.75) is 45.7 Å². The fourth-order valence-corrected chi connectivity index (χ4v) is 3.20. The van der Waals surface area contributed by atoms with Crippen LogP contribution in [0.2, 0.25) is 0 Å². The molecule has 0 saturated carbocycles. The summed E-state index contributed by atoms with van der Waals surface area (Å²) < 4.78 is 5.77. The highest BCUT2D eigenvalue weighted by molar-refractivity contribution is 5.94. The summed E-state index contributed by atoms with van der Waals surface area (Å²) in [7, 11) is 0. The summed E-state index contributed by atoms with van der Waals surface area (Å²) in [4.78, 5) is 16.9. The first-order valence-electron chi connectivity index (χ1n) is 9.06. The number of piperidine rings is 1. The van der Waals surface area contributed by atoms with E-state index < -0.39 is 0 Å². The van der Waals surface area contributed by atoms with Crippen LogP contribution >= 0.6 is 0 Å². The van der Waals surface area contributed by atoms with Gasteiger partial charge in [-0.1, -0.05) is 13.8 Å². The van der Waals surface area contributed by atoms with E-state index in [0.29, 0.717) is 12.2 Å². The molecule has 0 aromatic heterocycles. The second-order valence-corrected chi connectivity index (χ2v) is 6.53. The first-order valence-corrected chi connectivity index (χ1v) is 9.06. The Morgan fingerprint density at radius 2 is 1.96 bits per heavy atom. The topological polar surface area (TPSA) is 58.8 Å². The van der Waals surface area contributed by atoms with Crippen molar-refractivity contribution in [2.75, 3.05) is 32.8 Å². The first-order chi connectivity index (χ1) is 11.5. The lowest BCUT2D eigenvalue weighted by Gasteiger charge is -2.36. The van der Waals surface area contributed by atoms with Crippen LogP contribution in [0, 0.1) is 0 Å². The van der Waals surface area contributed by atoms with Gasteiger partial charge in [-0.3, -0.25) is 4.79 Å². The van der Waals surface area contributed by atoms with E-state index in [1.54, 1.807) is 0 Å². The zero-order valence-corrected chi connectivity index (χ0v) is 15.2. The van der Waals surface area contributed by atoms with Crippen molar-refractivity contribution >= 4 is 5.91 Å². The van der Waals surface area contributed by atoms with Crippen LogP contribution in [0.3, 0.4) is 0 Å². The number of likely N-dealkylation sites (tertiary alicyclic amines) is 1. The SMILES string of the molecule is CCN(CC)CCOc1ccc(C(=O)N2CC[C@H](N)C[C@@H]2C)cc1. The Morgan fingerprint density at radius 1 is 1.29 bits per heavy atom. The van der Waals surface area contributed by atoms with Gasteiger partial charge in [0.1, 0.15) is 12.4 Å². The number of nitrogens with two attached hydrogens (primary N) is 1. The molecule has 134 valence electrons. The molecular weight excluding hydrogens is 302 g/mol. The number of amides is 1. The zero-order chi connectivity index (χ0) is 17.5. The number of hydrogen-bond acceptors (Lipinski definition) is 4. The number of likely N-dealkylation sites (N-methyl/N-ethyl adjacent to an activating group) is 1. The lowest BCUT2D eigenvalue weighted by Crippen LogP contribution is -2.48. The van der Waals surface area contributed by atoms with Gasteiger partial charge in [-0.25, -0.2) is 0 Å². The molecule has 1 fully saturated rings.